The first-order valence-electron chi connectivity index (χ1n) is 3.39. The van der Waals surface area contributed by atoms with Gasteiger partial charge in [-0.1, -0.05) is 0 Å². The van der Waals surface area contributed by atoms with E-state index in [1.807, 2.05) is 0 Å². The summed E-state index contributed by atoms with van der Waals surface area (Å²) in [5, 5.41) is 8.20. The molecule has 0 aliphatic heterocycles. The highest BCUT2D eigenvalue weighted by molar-refractivity contribution is 7.91. The van der Waals surface area contributed by atoms with Crippen LogP contribution in [0.25, 0.3) is 0 Å². The Kier molecular flexibility index (Phi) is 2.51. The summed E-state index contributed by atoms with van der Waals surface area (Å²) in [7, 11) is -3.23. The van der Waals surface area contributed by atoms with Crippen LogP contribution in [0.2, 0.25) is 0 Å². The van der Waals surface area contributed by atoms with E-state index < -0.39 is 9.84 Å². The number of hydrogen-bond acceptors (Lipinski definition) is 3. The summed E-state index contributed by atoms with van der Waals surface area (Å²) in [5.74, 6) is -0.110. The van der Waals surface area contributed by atoms with Gasteiger partial charge in [-0.2, -0.15) is 5.26 Å². The highest BCUT2D eigenvalue weighted by Gasteiger charge is 2.13. The van der Waals surface area contributed by atoms with Crippen molar-refractivity contribution >= 4 is 9.84 Å². The zero-order valence-corrected chi connectivity index (χ0v) is 7.13. The Morgan fingerprint density at radius 3 is 2.83 bits per heavy atom. The zero-order valence-electron chi connectivity index (χ0n) is 6.32. The number of nitrogens with zero attached hydrogens (tertiary/aromatic N) is 1. The fourth-order valence-corrected chi connectivity index (χ4v) is 1.92. The molecule has 0 saturated carbocycles. The third-order valence-corrected chi connectivity index (χ3v) is 3.12. The molecule has 0 fully saturated rings. The molecule has 0 radical (unpaired) electrons. The van der Waals surface area contributed by atoms with E-state index in [1.54, 1.807) is 12.3 Å². The number of nitrogens with one attached hydrogen (secondary N) is 1. The van der Waals surface area contributed by atoms with Gasteiger partial charge in [0.25, 0.3) is 0 Å². The molecule has 0 aliphatic rings. The van der Waals surface area contributed by atoms with E-state index in [1.165, 1.54) is 12.3 Å². The molecule has 0 amide bonds. The van der Waals surface area contributed by atoms with Gasteiger partial charge in [0.05, 0.1) is 16.7 Å². The molecule has 0 unspecified atom stereocenters. The van der Waals surface area contributed by atoms with E-state index in [0.717, 1.165) is 0 Å². The van der Waals surface area contributed by atoms with Crippen LogP contribution in [-0.4, -0.2) is 19.2 Å². The predicted molar refractivity (Wildman–Crippen MR) is 43.1 cm³/mol. The number of aromatic nitrogens is 1. The summed E-state index contributed by atoms with van der Waals surface area (Å²) in [6.45, 7) is 0. The first kappa shape index (κ1) is 8.81. The fourth-order valence-electron chi connectivity index (χ4n) is 0.800. The number of nitriles is 1. The molecular formula is C7H8N2O2S. The second-order valence-corrected chi connectivity index (χ2v) is 4.38. The maximum Gasteiger partial charge on any atom is 0.180 e. The predicted octanol–water partition coefficient (Wildman–Crippen LogP) is 0.702. The van der Waals surface area contributed by atoms with Crippen molar-refractivity contribution in [2.45, 2.75) is 11.3 Å². The van der Waals surface area contributed by atoms with Crippen molar-refractivity contribution in [1.29, 1.82) is 5.26 Å². The number of rotatable bonds is 3. The van der Waals surface area contributed by atoms with Crippen molar-refractivity contribution in [3.05, 3.63) is 18.5 Å². The van der Waals surface area contributed by atoms with E-state index in [0.29, 0.717) is 0 Å². The van der Waals surface area contributed by atoms with Crippen LogP contribution in [0, 0.1) is 11.3 Å². The van der Waals surface area contributed by atoms with E-state index in [4.69, 9.17) is 5.26 Å². The average Bonchev–Trinajstić information content (AvgIpc) is 2.53. The second-order valence-electron chi connectivity index (χ2n) is 2.27. The summed E-state index contributed by atoms with van der Waals surface area (Å²) >= 11 is 0. The minimum absolute atomic E-state index is 0.0352. The van der Waals surface area contributed by atoms with Crippen LogP contribution < -0.4 is 0 Å². The Hall–Kier alpha value is -1.28. The first-order valence-corrected chi connectivity index (χ1v) is 5.04. The molecule has 0 bridgehead atoms. The van der Waals surface area contributed by atoms with Gasteiger partial charge in [0.1, 0.15) is 0 Å². The number of sulfone groups is 1. The molecule has 64 valence electrons. The molecule has 4 nitrogen and oxygen atoms in total. The van der Waals surface area contributed by atoms with Gasteiger partial charge in [-0.3, -0.25) is 0 Å². The van der Waals surface area contributed by atoms with Gasteiger partial charge >= 0.3 is 0 Å². The lowest BCUT2D eigenvalue weighted by atomic mass is 10.6. The van der Waals surface area contributed by atoms with Crippen molar-refractivity contribution in [1.82, 2.24) is 4.98 Å². The first-order chi connectivity index (χ1) is 5.67. The third kappa shape index (κ3) is 1.86. The van der Waals surface area contributed by atoms with Crippen LogP contribution in [0.1, 0.15) is 6.42 Å². The van der Waals surface area contributed by atoms with Crippen LogP contribution in [0.15, 0.2) is 23.4 Å². The SMILES string of the molecule is N#CCCS(=O)(=O)c1cc[nH]c1. The standard InChI is InChI=1S/C7H8N2O2S/c8-3-1-5-12(10,11)7-2-4-9-6-7/h2,4,6,9H,1,5H2. The normalized spacial score (nSPS) is 10.9. The molecule has 1 heterocycles. The van der Waals surface area contributed by atoms with Gasteiger partial charge in [0.2, 0.25) is 0 Å². The largest absolute Gasteiger partial charge is 0.366 e. The summed E-state index contributed by atoms with van der Waals surface area (Å²) < 4.78 is 22.6. The molecule has 0 spiro atoms. The Labute approximate surface area is 70.8 Å². The van der Waals surface area contributed by atoms with Gasteiger partial charge in [0, 0.05) is 18.8 Å². The topological polar surface area (TPSA) is 73.7 Å². The lowest BCUT2D eigenvalue weighted by Gasteiger charge is -1.95. The molecule has 12 heavy (non-hydrogen) atoms. The average molecular weight is 184 g/mol. The van der Waals surface area contributed by atoms with Crippen molar-refractivity contribution in [2.75, 3.05) is 5.75 Å². The van der Waals surface area contributed by atoms with Gasteiger partial charge in [-0.05, 0) is 6.07 Å². The molecule has 0 aliphatic carbocycles. The lowest BCUT2D eigenvalue weighted by molar-refractivity contribution is 0.596. The molecule has 0 aromatic carbocycles. The van der Waals surface area contributed by atoms with Crippen LogP contribution in [0.4, 0.5) is 0 Å². The Bertz CT molecular complexity index is 372. The number of H-pyrrole nitrogens is 1. The monoisotopic (exact) mass is 184 g/mol. The summed E-state index contributed by atoms with van der Waals surface area (Å²) in [6.07, 6.45) is 2.99. The Morgan fingerprint density at radius 2 is 2.33 bits per heavy atom. The molecule has 1 rings (SSSR count). The van der Waals surface area contributed by atoms with Crippen LogP contribution in [-0.2, 0) is 9.84 Å². The van der Waals surface area contributed by atoms with Gasteiger partial charge in [0.15, 0.2) is 9.84 Å². The smallest absolute Gasteiger partial charge is 0.180 e. The molecule has 1 aromatic rings. The van der Waals surface area contributed by atoms with Gasteiger partial charge < -0.3 is 4.98 Å². The van der Waals surface area contributed by atoms with E-state index >= 15 is 0 Å². The lowest BCUT2D eigenvalue weighted by Crippen LogP contribution is -2.04. The Balaban J connectivity index is 2.83. The van der Waals surface area contributed by atoms with Crippen LogP contribution in [0.5, 0.6) is 0 Å². The van der Waals surface area contributed by atoms with Crippen LogP contribution in [0.3, 0.4) is 0 Å². The summed E-state index contributed by atoms with van der Waals surface area (Å²) in [5.41, 5.74) is 0. The van der Waals surface area contributed by atoms with E-state index in [-0.39, 0.29) is 17.1 Å². The molecule has 1 N–H and O–H groups in total. The molecule has 5 heteroatoms. The highest BCUT2D eigenvalue weighted by Crippen LogP contribution is 2.09. The maximum absolute atomic E-state index is 11.3. The molecule has 1 aromatic heterocycles. The molecule has 0 saturated heterocycles. The van der Waals surface area contributed by atoms with Crippen molar-refractivity contribution in [3.63, 3.8) is 0 Å². The van der Waals surface area contributed by atoms with Gasteiger partial charge in [-0.25, -0.2) is 8.42 Å². The molecular weight excluding hydrogens is 176 g/mol. The van der Waals surface area contributed by atoms with E-state index in [2.05, 4.69) is 4.98 Å². The van der Waals surface area contributed by atoms with Crippen LogP contribution >= 0.6 is 0 Å². The summed E-state index contributed by atoms with van der Waals surface area (Å²) in [4.78, 5) is 2.90. The summed E-state index contributed by atoms with van der Waals surface area (Å²) in [6, 6.07) is 3.28. The fraction of sp³-hybridized carbons (Fsp3) is 0.286. The minimum atomic E-state index is -3.23. The van der Waals surface area contributed by atoms with Gasteiger partial charge in [-0.15, -0.1) is 0 Å². The minimum Gasteiger partial charge on any atom is -0.366 e. The zero-order chi connectivity index (χ0) is 9.03. The molecule has 0 atom stereocenters. The second kappa shape index (κ2) is 3.41. The van der Waals surface area contributed by atoms with E-state index in [9.17, 15) is 8.42 Å². The van der Waals surface area contributed by atoms with Crippen molar-refractivity contribution < 1.29 is 8.42 Å². The van der Waals surface area contributed by atoms with Crippen molar-refractivity contribution in [3.8, 4) is 6.07 Å². The third-order valence-electron chi connectivity index (χ3n) is 1.41. The quantitative estimate of drug-likeness (QED) is 0.751. The maximum atomic E-state index is 11.3. The highest BCUT2D eigenvalue weighted by atomic mass is 32.2. The van der Waals surface area contributed by atoms with Crippen molar-refractivity contribution in [2.24, 2.45) is 0 Å². The number of hydrogen-bond donors (Lipinski definition) is 1. The number of aromatic amines is 1. The Morgan fingerprint density at radius 1 is 1.58 bits per heavy atom.